The van der Waals surface area contributed by atoms with Gasteiger partial charge in [-0.15, -0.1) is 24.0 Å². The van der Waals surface area contributed by atoms with E-state index in [0.717, 1.165) is 31.4 Å². The fourth-order valence-corrected chi connectivity index (χ4v) is 2.50. The number of nitrogens with one attached hydrogen (secondary N) is 2. The number of fused-ring (bicyclic) bond motifs is 1. The first-order valence-corrected chi connectivity index (χ1v) is 7.77. The lowest BCUT2D eigenvalue weighted by atomic mass is 10.1. The van der Waals surface area contributed by atoms with Crippen LogP contribution in [0.2, 0.25) is 0 Å². The minimum absolute atomic E-state index is 0. The molecule has 118 valence electrons. The second-order valence-electron chi connectivity index (χ2n) is 5.75. The van der Waals surface area contributed by atoms with E-state index in [2.05, 4.69) is 58.1 Å². The van der Waals surface area contributed by atoms with Crippen LogP contribution in [-0.2, 0) is 6.42 Å². The molecule has 3 nitrogen and oxygen atoms in total. The van der Waals surface area contributed by atoms with Crippen LogP contribution >= 0.6 is 24.0 Å². The number of aliphatic imine (C=N–C) groups is 1. The van der Waals surface area contributed by atoms with Gasteiger partial charge in [-0.05, 0) is 41.5 Å². The Labute approximate surface area is 149 Å². The van der Waals surface area contributed by atoms with Crippen LogP contribution in [0.25, 0.3) is 10.8 Å². The van der Waals surface area contributed by atoms with Crippen molar-refractivity contribution in [3.63, 3.8) is 0 Å². The van der Waals surface area contributed by atoms with E-state index in [1.54, 1.807) is 0 Å². The fourth-order valence-electron chi connectivity index (χ4n) is 2.50. The van der Waals surface area contributed by atoms with Crippen LogP contribution in [-0.4, -0.2) is 26.1 Å². The largest absolute Gasteiger partial charge is 0.356 e. The van der Waals surface area contributed by atoms with Crippen molar-refractivity contribution in [2.45, 2.75) is 19.3 Å². The Kier molecular flexibility index (Phi) is 6.49. The van der Waals surface area contributed by atoms with Crippen LogP contribution < -0.4 is 10.6 Å². The number of hydrogen-bond acceptors (Lipinski definition) is 1. The van der Waals surface area contributed by atoms with E-state index in [9.17, 15) is 0 Å². The maximum atomic E-state index is 4.26. The minimum atomic E-state index is 0. The summed E-state index contributed by atoms with van der Waals surface area (Å²) in [6.45, 7) is 1.96. The maximum Gasteiger partial charge on any atom is 0.190 e. The minimum Gasteiger partial charge on any atom is -0.356 e. The molecule has 0 unspecified atom stereocenters. The van der Waals surface area contributed by atoms with Crippen LogP contribution in [0, 0.1) is 5.92 Å². The molecule has 1 fully saturated rings. The third-order valence-electron chi connectivity index (χ3n) is 4.00. The lowest BCUT2D eigenvalue weighted by molar-refractivity contribution is 0.734. The molecule has 2 aromatic rings. The monoisotopic (exact) mass is 409 g/mol. The average molecular weight is 409 g/mol. The smallest absolute Gasteiger partial charge is 0.190 e. The third-order valence-corrected chi connectivity index (χ3v) is 4.00. The number of halogens is 1. The predicted molar refractivity (Wildman–Crippen MR) is 105 cm³/mol. The molecule has 1 saturated carbocycles. The molecule has 2 aromatic carbocycles. The van der Waals surface area contributed by atoms with Gasteiger partial charge in [0.1, 0.15) is 0 Å². The molecule has 4 heteroatoms. The van der Waals surface area contributed by atoms with Gasteiger partial charge in [0.2, 0.25) is 0 Å². The van der Waals surface area contributed by atoms with Crippen LogP contribution in [0.15, 0.2) is 47.5 Å². The van der Waals surface area contributed by atoms with Crippen molar-refractivity contribution in [1.82, 2.24) is 10.6 Å². The molecule has 0 bridgehead atoms. The van der Waals surface area contributed by atoms with Gasteiger partial charge >= 0.3 is 0 Å². The Morgan fingerprint density at radius 3 is 2.59 bits per heavy atom. The Hall–Kier alpha value is -1.30. The van der Waals surface area contributed by atoms with Crippen molar-refractivity contribution in [2.24, 2.45) is 10.9 Å². The maximum absolute atomic E-state index is 4.26. The van der Waals surface area contributed by atoms with Crippen LogP contribution in [0.5, 0.6) is 0 Å². The first-order valence-electron chi connectivity index (χ1n) is 7.77. The Morgan fingerprint density at radius 2 is 1.86 bits per heavy atom. The highest BCUT2D eigenvalue weighted by atomic mass is 127. The SMILES string of the molecule is CN=C(NCCc1ccc2ccccc2c1)NCC1CC1.I. The van der Waals surface area contributed by atoms with E-state index in [1.165, 1.54) is 29.2 Å². The van der Waals surface area contributed by atoms with Crippen LogP contribution in [0.1, 0.15) is 18.4 Å². The molecule has 0 heterocycles. The molecular weight excluding hydrogens is 385 g/mol. The topological polar surface area (TPSA) is 36.4 Å². The molecule has 0 spiro atoms. The molecular formula is C18H24IN3. The van der Waals surface area contributed by atoms with E-state index < -0.39 is 0 Å². The van der Waals surface area contributed by atoms with Gasteiger partial charge in [0.25, 0.3) is 0 Å². The number of benzene rings is 2. The summed E-state index contributed by atoms with van der Waals surface area (Å²) in [4.78, 5) is 4.26. The predicted octanol–water partition coefficient (Wildman–Crippen LogP) is 3.58. The molecule has 2 N–H and O–H groups in total. The highest BCUT2D eigenvalue weighted by Crippen LogP contribution is 2.27. The zero-order valence-electron chi connectivity index (χ0n) is 13.0. The standard InChI is InChI=1S/C18H23N3.HI/c1-19-18(21-13-15-6-7-15)20-11-10-14-8-9-16-4-2-3-5-17(16)12-14;/h2-5,8-9,12,15H,6-7,10-11,13H2,1H3,(H2,19,20,21);1H. The van der Waals surface area contributed by atoms with Gasteiger partial charge in [0, 0.05) is 20.1 Å². The normalized spacial score (nSPS) is 14.5. The van der Waals surface area contributed by atoms with Crippen molar-refractivity contribution >= 4 is 40.7 Å². The molecule has 0 saturated heterocycles. The van der Waals surface area contributed by atoms with Gasteiger partial charge in [-0.3, -0.25) is 4.99 Å². The van der Waals surface area contributed by atoms with Gasteiger partial charge < -0.3 is 10.6 Å². The summed E-state index contributed by atoms with van der Waals surface area (Å²) in [6, 6.07) is 15.2. The molecule has 1 aliphatic rings. The molecule has 0 atom stereocenters. The van der Waals surface area contributed by atoms with E-state index in [1.807, 2.05) is 7.05 Å². The fraction of sp³-hybridized carbons (Fsp3) is 0.389. The summed E-state index contributed by atoms with van der Waals surface area (Å²) in [5, 5.41) is 9.39. The van der Waals surface area contributed by atoms with E-state index in [0.29, 0.717) is 0 Å². The number of guanidine groups is 1. The van der Waals surface area contributed by atoms with Crippen molar-refractivity contribution in [3.8, 4) is 0 Å². The second kappa shape index (κ2) is 8.36. The van der Waals surface area contributed by atoms with Gasteiger partial charge in [-0.2, -0.15) is 0 Å². The number of rotatable bonds is 5. The highest BCUT2D eigenvalue weighted by Gasteiger charge is 2.20. The third kappa shape index (κ3) is 4.87. The van der Waals surface area contributed by atoms with Gasteiger partial charge in [-0.1, -0.05) is 42.5 Å². The zero-order valence-corrected chi connectivity index (χ0v) is 15.3. The zero-order chi connectivity index (χ0) is 14.5. The Morgan fingerprint density at radius 1 is 1.09 bits per heavy atom. The number of hydrogen-bond donors (Lipinski definition) is 2. The Balaban J connectivity index is 0.00000176. The summed E-state index contributed by atoms with van der Waals surface area (Å²) in [7, 11) is 1.83. The quantitative estimate of drug-likeness (QED) is 0.450. The number of nitrogens with zero attached hydrogens (tertiary/aromatic N) is 1. The highest BCUT2D eigenvalue weighted by molar-refractivity contribution is 14.0. The summed E-state index contributed by atoms with van der Waals surface area (Å²) < 4.78 is 0. The molecule has 22 heavy (non-hydrogen) atoms. The molecule has 1 aliphatic carbocycles. The van der Waals surface area contributed by atoms with Crippen molar-refractivity contribution in [2.75, 3.05) is 20.1 Å². The Bertz CT molecular complexity index is 635. The van der Waals surface area contributed by atoms with Crippen molar-refractivity contribution in [1.29, 1.82) is 0 Å². The second-order valence-corrected chi connectivity index (χ2v) is 5.75. The van der Waals surface area contributed by atoms with Gasteiger partial charge in [-0.25, -0.2) is 0 Å². The first-order chi connectivity index (χ1) is 10.3. The van der Waals surface area contributed by atoms with E-state index in [-0.39, 0.29) is 24.0 Å². The molecule has 0 amide bonds. The lowest BCUT2D eigenvalue weighted by Gasteiger charge is -2.11. The molecule has 0 radical (unpaired) electrons. The lowest BCUT2D eigenvalue weighted by Crippen LogP contribution is -2.39. The van der Waals surface area contributed by atoms with Crippen LogP contribution in [0.3, 0.4) is 0 Å². The van der Waals surface area contributed by atoms with Crippen molar-refractivity contribution < 1.29 is 0 Å². The summed E-state index contributed by atoms with van der Waals surface area (Å²) in [5.41, 5.74) is 1.36. The molecule has 0 aromatic heterocycles. The summed E-state index contributed by atoms with van der Waals surface area (Å²) in [5.74, 6) is 1.78. The molecule has 0 aliphatic heterocycles. The van der Waals surface area contributed by atoms with Gasteiger partial charge in [0.05, 0.1) is 0 Å². The van der Waals surface area contributed by atoms with Crippen LogP contribution in [0.4, 0.5) is 0 Å². The van der Waals surface area contributed by atoms with E-state index in [4.69, 9.17) is 0 Å². The van der Waals surface area contributed by atoms with Crippen molar-refractivity contribution in [3.05, 3.63) is 48.0 Å². The average Bonchev–Trinajstić information content (AvgIpc) is 3.35. The first kappa shape index (κ1) is 17.1. The summed E-state index contributed by atoms with van der Waals surface area (Å²) >= 11 is 0. The molecule has 3 rings (SSSR count). The summed E-state index contributed by atoms with van der Waals surface area (Å²) in [6.07, 6.45) is 3.73. The van der Waals surface area contributed by atoms with E-state index >= 15 is 0 Å². The van der Waals surface area contributed by atoms with Gasteiger partial charge in [0.15, 0.2) is 5.96 Å².